The van der Waals surface area contributed by atoms with Gasteiger partial charge in [-0.15, -0.1) is 12.4 Å². The average molecular weight is 352 g/mol. The number of hydrogen-bond donors (Lipinski definition) is 2. The molecule has 1 aliphatic heterocycles. The van der Waals surface area contributed by atoms with Gasteiger partial charge in [-0.05, 0) is 29.8 Å². The van der Waals surface area contributed by atoms with Gasteiger partial charge in [-0.3, -0.25) is 10.1 Å². The van der Waals surface area contributed by atoms with Crippen LogP contribution >= 0.6 is 12.4 Å². The Morgan fingerprint density at radius 3 is 2.54 bits per heavy atom. The molecule has 1 heterocycles. The molecule has 128 valence electrons. The molecule has 3 rings (SSSR count). The van der Waals surface area contributed by atoms with E-state index in [0.29, 0.717) is 0 Å². The molecule has 0 saturated heterocycles. The molecule has 0 atom stereocenters. The lowest BCUT2D eigenvalue weighted by Crippen LogP contribution is -2.21. The van der Waals surface area contributed by atoms with E-state index >= 15 is 0 Å². The van der Waals surface area contributed by atoms with Gasteiger partial charge in [0.2, 0.25) is 6.79 Å². The summed E-state index contributed by atoms with van der Waals surface area (Å²) in [6, 6.07) is 12.3. The average Bonchev–Trinajstić information content (AvgIpc) is 3.02. The standard InChI is InChI=1S/C16H17N3O4.ClH/c20-19(21)14-4-2-13(3-5-14)18-8-7-17-10-12-1-6-15-16(9-12)23-11-22-15;/h1-6,9,17-18H,7-8,10-11H2;1H. The van der Waals surface area contributed by atoms with Gasteiger partial charge < -0.3 is 20.1 Å². The van der Waals surface area contributed by atoms with Gasteiger partial charge in [-0.25, -0.2) is 0 Å². The molecule has 0 aliphatic carbocycles. The summed E-state index contributed by atoms with van der Waals surface area (Å²) in [6.07, 6.45) is 0. The summed E-state index contributed by atoms with van der Waals surface area (Å²) in [7, 11) is 0. The Balaban J connectivity index is 0.00000208. The second-order valence-electron chi connectivity index (χ2n) is 5.10. The summed E-state index contributed by atoms with van der Waals surface area (Å²) in [6.45, 7) is 2.51. The number of fused-ring (bicyclic) bond motifs is 1. The fourth-order valence-corrected chi connectivity index (χ4v) is 2.28. The number of ether oxygens (including phenoxy) is 2. The SMILES string of the molecule is Cl.O=[N+]([O-])c1ccc(NCCNCc2ccc3c(c2)OCO3)cc1. The van der Waals surface area contributed by atoms with Crippen molar-refractivity contribution in [2.24, 2.45) is 0 Å². The van der Waals surface area contributed by atoms with E-state index in [0.717, 1.165) is 42.4 Å². The zero-order valence-corrected chi connectivity index (χ0v) is 13.7. The van der Waals surface area contributed by atoms with Crippen molar-refractivity contribution in [3.8, 4) is 11.5 Å². The predicted molar refractivity (Wildman–Crippen MR) is 93.1 cm³/mol. The molecule has 2 aromatic rings. The predicted octanol–water partition coefficient (Wildman–Crippen LogP) is 2.95. The zero-order chi connectivity index (χ0) is 16.1. The third-order valence-corrected chi connectivity index (χ3v) is 3.48. The summed E-state index contributed by atoms with van der Waals surface area (Å²) in [5.41, 5.74) is 2.08. The van der Waals surface area contributed by atoms with Crippen molar-refractivity contribution in [2.75, 3.05) is 25.2 Å². The minimum Gasteiger partial charge on any atom is -0.454 e. The highest BCUT2D eigenvalue weighted by atomic mass is 35.5. The summed E-state index contributed by atoms with van der Waals surface area (Å²) < 4.78 is 10.6. The highest BCUT2D eigenvalue weighted by Gasteiger charge is 2.12. The molecule has 0 saturated carbocycles. The van der Waals surface area contributed by atoms with Crippen LogP contribution < -0.4 is 20.1 Å². The van der Waals surface area contributed by atoms with Crippen molar-refractivity contribution in [1.82, 2.24) is 5.32 Å². The Hall–Kier alpha value is -2.51. The Kier molecular flexibility index (Phi) is 6.22. The lowest BCUT2D eigenvalue weighted by atomic mass is 10.2. The molecular weight excluding hydrogens is 334 g/mol. The Bertz CT molecular complexity index is 694. The number of hydrogen-bond acceptors (Lipinski definition) is 6. The first-order valence-electron chi connectivity index (χ1n) is 7.30. The number of anilines is 1. The number of nitrogens with one attached hydrogen (secondary N) is 2. The molecule has 7 nitrogen and oxygen atoms in total. The number of nitro benzene ring substituents is 1. The second kappa shape index (κ2) is 8.37. The van der Waals surface area contributed by atoms with Crippen LogP contribution in [0.25, 0.3) is 0 Å². The van der Waals surface area contributed by atoms with Crippen LogP contribution in [0.4, 0.5) is 11.4 Å². The highest BCUT2D eigenvalue weighted by molar-refractivity contribution is 5.85. The van der Waals surface area contributed by atoms with Gasteiger partial charge in [0.15, 0.2) is 11.5 Å². The van der Waals surface area contributed by atoms with Crippen LogP contribution in [-0.4, -0.2) is 24.8 Å². The van der Waals surface area contributed by atoms with Crippen molar-refractivity contribution in [3.05, 3.63) is 58.1 Å². The van der Waals surface area contributed by atoms with Crippen LogP contribution in [0.15, 0.2) is 42.5 Å². The number of rotatable bonds is 7. The minimum absolute atomic E-state index is 0. The zero-order valence-electron chi connectivity index (χ0n) is 12.9. The molecule has 0 unspecified atom stereocenters. The van der Waals surface area contributed by atoms with E-state index in [9.17, 15) is 10.1 Å². The van der Waals surface area contributed by atoms with Crippen LogP contribution in [0, 0.1) is 10.1 Å². The molecule has 0 amide bonds. The quantitative estimate of drug-likeness (QED) is 0.453. The molecule has 0 bridgehead atoms. The summed E-state index contributed by atoms with van der Waals surface area (Å²) >= 11 is 0. The maximum Gasteiger partial charge on any atom is 0.269 e. The van der Waals surface area contributed by atoms with E-state index in [1.807, 2.05) is 18.2 Å². The maximum absolute atomic E-state index is 10.6. The van der Waals surface area contributed by atoms with E-state index < -0.39 is 4.92 Å². The molecular formula is C16H18ClN3O4. The van der Waals surface area contributed by atoms with Crippen LogP contribution in [0.1, 0.15) is 5.56 Å². The van der Waals surface area contributed by atoms with E-state index in [1.165, 1.54) is 12.1 Å². The van der Waals surface area contributed by atoms with Gasteiger partial charge in [0, 0.05) is 37.5 Å². The lowest BCUT2D eigenvalue weighted by molar-refractivity contribution is -0.384. The monoisotopic (exact) mass is 351 g/mol. The van der Waals surface area contributed by atoms with Crippen molar-refractivity contribution in [3.63, 3.8) is 0 Å². The van der Waals surface area contributed by atoms with Gasteiger partial charge in [-0.2, -0.15) is 0 Å². The third-order valence-electron chi connectivity index (χ3n) is 3.48. The lowest BCUT2D eigenvalue weighted by Gasteiger charge is -2.08. The molecule has 2 N–H and O–H groups in total. The fourth-order valence-electron chi connectivity index (χ4n) is 2.28. The van der Waals surface area contributed by atoms with Gasteiger partial charge in [0.25, 0.3) is 5.69 Å². The van der Waals surface area contributed by atoms with E-state index in [2.05, 4.69) is 10.6 Å². The topological polar surface area (TPSA) is 85.7 Å². The Labute approximate surface area is 145 Å². The number of halogens is 1. The molecule has 24 heavy (non-hydrogen) atoms. The minimum atomic E-state index is -0.406. The van der Waals surface area contributed by atoms with Crippen molar-refractivity contribution < 1.29 is 14.4 Å². The van der Waals surface area contributed by atoms with Gasteiger partial charge >= 0.3 is 0 Å². The smallest absolute Gasteiger partial charge is 0.269 e. The van der Waals surface area contributed by atoms with Gasteiger partial charge in [0.1, 0.15) is 0 Å². The maximum atomic E-state index is 10.6. The number of non-ortho nitro benzene ring substituents is 1. The number of nitrogens with zero attached hydrogens (tertiary/aromatic N) is 1. The van der Waals surface area contributed by atoms with Gasteiger partial charge in [0.05, 0.1) is 4.92 Å². The molecule has 0 aromatic heterocycles. The van der Waals surface area contributed by atoms with Gasteiger partial charge in [-0.1, -0.05) is 6.07 Å². The Morgan fingerprint density at radius 2 is 1.79 bits per heavy atom. The van der Waals surface area contributed by atoms with Crippen LogP contribution in [0.2, 0.25) is 0 Å². The first-order valence-corrected chi connectivity index (χ1v) is 7.30. The van der Waals surface area contributed by atoms with E-state index in [-0.39, 0.29) is 24.9 Å². The largest absolute Gasteiger partial charge is 0.454 e. The van der Waals surface area contributed by atoms with Crippen molar-refractivity contribution in [2.45, 2.75) is 6.54 Å². The Morgan fingerprint density at radius 1 is 1.04 bits per heavy atom. The summed E-state index contributed by atoms with van der Waals surface area (Å²) in [4.78, 5) is 10.2. The fraction of sp³-hybridized carbons (Fsp3) is 0.250. The van der Waals surface area contributed by atoms with E-state index in [1.54, 1.807) is 12.1 Å². The van der Waals surface area contributed by atoms with Crippen molar-refractivity contribution >= 4 is 23.8 Å². The molecule has 8 heteroatoms. The number of benzene rings is 2. The molecule has 1 aliphatic rings. The third kappa shape index (κ3) is 4.50. The summed E-state index contributed by atoms with van der Waals surface area (Å²) in [5.74, 6) is 1.57. The van der Waals surface area contributed by atoms with Crippen LogP contribution in [-0.2, 0) is 6.54 Å². The molecule has 0 fully saturated rings. The molecule has 2 aromatic carbocycles. The normalized spacial score (nSPS) is 11.7. The second-order valence-corrected chi connectivity index (χ2v) is 5.10. The van der Waals surface area contributed by atoms with Crippen LogP contribution in [0.3, 0.4) is 0 Å². The van der Waals surface area contributed by atoms with E-state index in [4.69, 9.17) is 9.47 Å². The highest BCUT2D eigenvalue weighted by Crippen LogP contribution is 2.32. The first-order chi connectivity index (χ1) is 11.2. The first kappa shape index (κ1) is 17.8. The number of nitro groups is 1. The van der Waals surface area contributed by atoms with Crippen molar-refractivity contribution in [1.29, 1.82) is 0 Å². The molecule has 0 spiro atoms. The van der Waals surface area contributed by atoms with Crippen LogP contribution in [0.5, 0.6) is 11.5 Å². The molecule has 0 radical (unpaired) electrons. The summed E-state index contributed by atoms with van der Waals surface area (Å²) in [5, 5.41) is 17.1.